The second-order valence-electron chi connectivity index (χ2n) is 4.69. The Hall–Kier alpha value is -2.46. The first-order valence-corrected chi connectivity index (χ1v) is 7.24. The Morgan fingerprint density at radius 3 is 2.64 bits per heavy atom. The topological polar surface area (TPSA) is 51.3 Å². The van der Waals surface area contributed by atoms with E-state index >= 15 is 0 Å². The number of H-pyrrole nitrogens is 1. The van der Waals surface area contributed by atoms with Gasteiger partial charge in [0.25, 0.3) is 0 Å². The summed E-state index contributed by atoms with van der Waals surface area (Å²) in [5, 5.41) is 1.51. The third-order valence-corrected chi connectivity index (χ3v) is 3.47. The van der Waals surface area contributed by atoms with Crippen molar-refractivity contribution in [1.29, 1.82) is 0 Å². The standard InChI is InChI=1S/C17H14ClNO3/c18-13-6-2-4-8-16(13)21-9-10-22-17(20)15-11-12-5-1-3-7-14(12)19-15/h1-8,11,19H,9-10H2. The SMILES string of the molecule is O=C(OCCOc1ccccc1Cl)c1cc2ccccc2[nH]1. The maximum Gasteiger partial charge on any atom is 0.354 e. The highest BCUT2D eigenvalue weighted by atomic mass is 35.5. The van der Waals surface area contributed by atoms with Crippen molar-refractivity contribution in [2.24, 2.45) is 0 Å². The molecule has 4 nitrogen and oxygen atoms in total. The average Bonchev–Trinajstić information content (AvgIpc) is 2.97. The van der Waals surface area contributed by atoms with E-state index < -0.39 is 5.97 Å². The third kappa shape index (κ3) is 3.23. The number of halogens is 1. The maximum atomic E-state index is 12.0. The minimum atomic E-state index is -0.404. The molecule has 112 valence electrons. The van der Waals surface area contributed by atoms with Crippen LogP contribution in [0.5, 0.6) is 5.75 Å². The zero-order valence-electron chi connectivity index (χ0n) is 11.7. The van der Waals surface area contributed by atoms with Gasteiger partial charge >= 0.3 is 5.97 Å². The molecule has 2 aromatic carbocycles. The van der Waals surface area contributed by atoms with Crippen molar-refractivity contribution in [1.82, 2.24) is 4.98 Å². The molecule has 0 atom stereocenters. The molecule has 0 fully saturated rings. The van der Waals surface area contributed by atoms with Crippen LogP contribution >= 0.6 is 11.6 Å². The first-order chi connectivity index (χ1) is 10.7. The highest BCUT2D eigenvalue weighted by molar-refractivity contribution is 6.32. The quantitative estimate of drug-likeness (QED) is 0.570. The Morgan fingerprint density at radius 1 is 1.05 bits per heavy atom. The number of ether oxygens (including phenoxy) is 2. The molecule has 0 saturated heterocycles. The summed E-state index contributed by atoms with van der Waals surface area (Å²) in [7, 11) is 0. The van der Waals surface area contributed by atoms with Crippen LogP contribution in [0.2, 0.25) is 5.02 Å². The number of benzene rings is 2. The van der Waals surface area contributed by atoms with Crippen molar-refractivity contribution in [3.8, 4) is 5.75 Å². The number of esters is 1. The molecule has 0 spiro atoms. The molecule has 0 aliphatic heterocycles. The fourth-order valence-electron chi connectivity index (χ4n) is 2.11. The van der Waals surface area contributed by atoms with Gasteiger partial charge in [-0.25, -0.2) is 4.79 Å². The van der Waals surface area contributed by atoms with E-state index in [1.807, 2.05) is 36.4 Å². The molecule has 1 heterocycles. The lowest BCUT2D eigenvalue weighted by molar-refractivity contribution is 0.0445. The van der Waals surface area contributed by atoms with Crippen molar-refractivity contribution in [2.75, 3.05) is 13.2 Å². The lowest BCUT2D eigenvalue weighted by Gasteiger charge is -2.08. The van der Waals surface area contributed by atoms with Crippen molar-refractivity contribution < 1.29 is 14.3 Å². The van der Waals surface area contributed by atoms with Crippen LogP contribution in [0.1, 0.15) is 10.5 Å². The van der Waals surface area contributed by atoms with E-state index in [0.717, 1.165) is 10.9 Å². The summed E-state index contributed by atoms with van der Waals surface area (Å²) in [6, 6.07) is 16.6. The van der Waals surface area contributed by atoms with Crippen molar-refractivity contribution >= 4 is 28.5 Å². The highest BCUT2D eigenvalue weighted by Crippen LogP contribution is 2.22. The lowest BCUT2D eigenvalue weighted by Crippen LogP contribution is -2.12. The van der Waals surface area contributed by atoms with Crippen LogP contribution in [0.15, 0.2) is 54.6 Å². The van der Waals surface area contributed by atoms with E-state index in [9.17, 15) is 4.79 Å². The van der Waals surface area contributed by atoms with Gasteiger partial charge in [0.2, 0.25) is 0 Å². The van der Waals surface area contributed by atoms with Crippen LogP contribution < -0.4 is 4.74 Å². The van der Waals surface area contributed by atoms with Crippen LogP contribution in [0.3, 0.4) is 0 Å². The Balaban J connectivity index is 1.53. The Bertz CT molecular complexity index is 764. The number of aromatic nitrogens is 1. The second kappa shape index (κ2) is 6.54. The van der Waals surface area contributed by atoms with Gasteiger partial charge in [0.05, 0.1) is 5.02 Å². The molecule has 0 aliphatic carbocycles. The van der Waals surface area contributed by atoms with E-state index in [0.29, 0.717) is 16.5 Å². The smallest absolute Gasteiger partial charge is 0.354 e. The molecule has 0 saturated carbocycles. The molecule has 3 rings (SSSR count). The van der Waals surface area contributed by atoms with Gasteiger partial charge in [-0.15, -0.1) is 0 Å². The van der Waals surface area contributed by atoms with Crippen LogP contribution in [-0.2, 0) is 4.74 Å². The summed E-state index contributed by atoms with van der Waals surface area (Å²) >= 11 is 5.97. The number of para-hydroxylation sites is 2. The normalized spacial score (nSPS) is 10.6. The number of carbonyl (C=O) groups is 1. The van der Waals surface area contributed by atoms with Crippen LogP contribution in [0, 0.1) is 0 Å². The summed E-state index contributed by atoms with van der Waals surface area (Å²) in [5.74, 6) is 0.171. The number of hydrogen-bond donors (Lipinski definition) is 1. The zero-order chi connectivity index (χ0) is 15.4. The van der Waals surface area contributed by atoms with Gasteiger partial charge in [0, 0.05) is 10.9 Å². The molecule has 1 N–H and O–H groups in total. The minimum Gasteiger partial charge on any atom is -0.488 e. The first-order valence-electron chi connectivity index (χ1n) is 6.86. The fourth-order valence-corrected chi connectivity index (χ4v) is 2.30. The van der Waals surface area contributed by atoms with Crippen LogP contribution in [0.25, 0.3) is 10.9 Å². The zero-order valence-corrected chi connectivity index (χ0v) is 12.5. The van der Waals surface area contributed by atoms with Gasteiger partial charge in [0.15, 0.2) is 0 Å². The Labute approximate surface area is 132 Å². The molecule has 3 aromatic rings. The fraction of sp³-hybridized carbons (Fsp3) is 0.118. The summed E-state index contributed by atoms with van der Waals surface area (Å²) in [6.07, 6.45) is 0. The van der Waals surface area contributed by atoms with E-state index in [-0.39, 0.29) is 13.2 Å². The van der Waals surface area contributed by atoms with Crippen LogP contribution in [0.4, 0.5) is 0 Å². The van der Waals surface area contributed by atoms with Gasteiger partial charge in [0.1, 0.15) is 24.7 Å². The average molecular weight is 316 g/mol. The van der Waals surface area contributed by atoms with Gasteiger partial charge in [-0.3, -0.25) is 0 Å². The van der Waals surface area contributed by atoms with Gasteiger partial charge in [-0.05, 0) is 24.3 Å². The molecule has 0 aliphatic rings. The molecular formula is C17H14ClNO3. The van der Waals surface area contributed by atoms with E-state index in [1.54, 1.807) is 18.2 Å². The number of hydrogen-bond acceptors (Lipinski definition) is 3. The first kappa shape index (κ1) is 14.5. The van der Waals surface area contributed by atoms with E-state index in [1.165, 1.54) is 0 Å². The molecular weight excluding hydrogens is 302 g/mol. The minimum absolute atomic E-state index is 0.152. The monoisotopic (exact) mass is 315 g/mol. The molecule has 0 amide bonds. The number of carbonyl (C=O) groups excluding carboxylic acids is 1. The summed E-state index contributed by atoms with van der Waals surface area (Å²) < 4.78 is 10.6. The highest BCUT2D eigenvalue weighted by Gasteiger charge is 2.10. The number of aromatic amines is 1. The number of rotatable bonds is 5. The molecule has 0 radical (unpaired) electrons. The second-order valence-corrected chi connectivity index (χ2v) is 5.09. The summed E-state index contributed by atoms with van der Waals surface area (Å²) in [6.45, 7) is 0.398. The van der Waals surface area contributed by atoms with Crippen molar-refractivity contribution in [3.63, 3.8) is 0 Å². The predicted molar refractivity (Wildman–Crippen MR) is 85.5 cm³/mol. The summed E-state index contributed by atoms with van der Waals surface area (Å²) in [5.41, 5.74) is 1.33. The van der Waals surface area contributed by atoms with E-state index in [4.69, 9.17) is 21.1 Å². The Kier molecular flexibility index (Phi) is 4.30. The third-order valence-electron chi connectivity index (χ3n) is 3.16. The largest absolute Gasteiger partial charge is 0.488 e. The van der Waals surface area contributed by atoms with Crippen molar-refractivity contribution in [3.05, 3.63) is 65.3 Å². The Morgan fingerprint density at radius 2 is 1.82 bits per heavy atom. The summed E-state index contributed by atoms with van der Waals surface area (Å²) in [4.78, 5) is 15.0. The molecule has 0 unspecified atom stereocenters. The van der Waals surface area contributed by atoms with E-state index in [2.05, 4.69) is 4.98 Å². The molecule has 22 heavy (non-hydrogen) atoms. The van der Waals surface area contributed by atoms with Gasteiger partial charge in [-0.1, -0.05) is 41.9 Å². The van der Waals surface area contributed by atoms with Gasteiger partial charge < -0.3 is 14.5 Å². The number of nitrogens with one attached hydrogen (secondary N) is 1. The lowest BCUT2D eigenvalue weighted by atomic mass is 10.2. The van der Waals surface area contributed by atoms with Crippen molar-refractivity contribution in [2.45, 2.75) is 0 Å². The molecule has 0 bridgehead atoms. The van der Waals surface area contributed by atoms with Crippen LogP contribution in [-0.4, -0.2) is 24.2 Å². The van der Waals surface area contributed by atoms with Gasteiger partial charge in [-0.2, -0.15) is 0 Å². The number of fused-ring (bicyclic) bond motifs is 1. The molecule has 5 heteroatoms. The predicted octanol–water partition coefficient (Wildman–Crippen LogP) is 4.06. The molecule has 1 aromatic heterocycles. The maximum absolute atomic E-state index is 12.0.